The van der Waals surface area contributed by atoms with Crippen LogP contribution in [0.1, 0.15) is 47.8 Å². The molecule has 0 spiro atoms. The molecule has 5 nitrogen and oxygen atoms in total. The van der Waals surface area contributed by atoms with Gasteiger partial charge in [0.15, 0.2) is 0 Å². The van der Waals surface area contributed by atoms with Crippen LogP contribution in [0.15, 0.2) is 18.3 Å². The number of amides is 1. The van der Waals surface area contributed by atoms with Crippen LogP contribution in [0, 0.1) is 0 Å². The molecule has 96 valence electrons. The van der Waals surface area contributed by atoms with Gasteiger partial charge in [0.25, 0.3) is 0 Å². The Morgan fingerprint density at radius 1 is 1.50 bits per heavy atom. The zero-order valence-electron chi connectivity index (χ0n) is 10.3. The first kappa shape index (κ1) is 12.5. The molecule has 1 fully saturated rings. The van der Waals surface area contributed by atoms with E-state index >= 15 is 0 Å². The van der Waals surface area contributed by atoms with E-state index in [1.54, 1.807) is 18.3 Å². The van der Waals surface area contributed by atoms with E-state index in [0.717, 1.165) is 19.3 Å². The lowest BCUT2D eigenvalue weighted by atomic mass is 10.1. The largest absolute Gasteiger partial charge is 0.465 e. The van der Waals surface area contributed by atoms with Crippen LogP contribution in [0.5, 0.6) is 0 Å². The van der Waals surface area contributed by atoms with Crippen molar-refractivity contribution >= 4 is 11.9 Å². The molecule has 2 rings (SSSR count). The number of hydrogen-bond acceptors (Lipinski definition) is 4. The zero-order valence-corrected chi connectivity index (χ0v) is 10.3. The lowest BCUT2D eigenvalue weighted by molar-refractivity contribution is -0.121. The number of rotatable bonds is 2. The number of carbonyl (C=O) groups is 2. The van der Waals surface area contributed by atoms with Gasteiger partial charge in [-0.05, 0) is 25.0 Å². The molecule has 0 saturated carbocycles. The Balaban J connectivity index is 2.21. The SMILES string of the molecule is COC(=O)c1ccnc(C2CCCCC(=O)N2)c1. The van der Waals surface area contributed by atoms with Crippen LogP contribution in [0.2, 0.25) is 0 Å². The Hall–Kier alpha value is -1.91. The van der Waals surface area contributed by atoms with Crippen molar-refractivity contribution in [2.45, 2.75) is 31.7 Å². The quantitative estimate of drug-likeness (QED) is 0.807. The summed E-state index contributed by atoms with van der Waals surface area (Å²) in [5, 5.41) is 2.93. The summed E-state index contributed by atoms with van der Waals surface area (Å²) < 4.78 is 4.67. The number of esters is 1. The van der Waals surface area contributed by atoms with Gasteiger partial charge in [0.2, 0.25) is 5.91 Å². The molecular weight excluding hydrogens is 232 g/mol. The van der Waals surface area contributed by atoms with Gasteiger partial charge in [-0.25, -0.2) is 4.79 Å². The highest BCUT2D eigenvalue weighted by Gasteiger charge is 2.20. The third-order valence-electron chi connectivity index (χ3n) is 3.04. The van der Waals surface area contributed by atoms with E-state index in [9.17, 15) is 9.59 Å². The van der Waals surface area contributed by atoms with Crippen LogP contribution >= 0.6 is 0 Å². The summed E-state index contributed by atoms with van der Waals surface area (Å²) in [7, 11) is 1.34. The maximum Gasteiger partial charge on any atom is 0.337 e. The van der Waals surface area contributed by atoms with Crippen LogP contribution in [0.25, 0.3) is 0 Å². The van der Waals surface area contributed by atoms with Gasteiger partial charge in [0.1, 0.15) is 0 Å². The summed E-state index contributed by atoms with van der Waals surface area (Å²) in [6.45, 7) is 0. The fraction of sp³-hybridized carbons (Fsp3) is 0.462. The van der Waals surface area contributed by atoms with Crippen molar-refractivity contribution in [2.24, 2.45) is 0 Å². The highest BCUT2D eigenvalue weighted by Crippen LogP contribution is 2.22. The molecule has 1 aliphatic rings. The third kappa shape index (κ3) is 2.85. The van der Waals surface area contributed by atoms with Gasteiger partial charge in [-0.3, -0.25) is 9.78 Å². The molecule has 0 aliphatic carbocycles. The summed E-state index contributed by atoms with van der Waals surface area (Å²) in [4.78, 5) is 27.2. The van der Waals surface area contributed by atoms with Crippen LogP contribution < -0.4 is 5.32 Å². The molecule has 0 bridgehead atoms. The van der Waals surface area contributed by atoms with Crippen molar-refractivity contribution in [2.75, 3.05) is 7.11 Å². The van der Waals surface area contributed by atoms with Gasteiger partial charge >= 0.3 is 5.97 Å². The van der Waals surface area contributed by atoms with Crippen molar-refractivity contribution in [3.63, 3.8) is 0 Å². The van der Waals surface area contributed by atoms with E-state index in [1.165, 1.54) is 7.11 Å². The molecule has 1 atom stereocenters. The minimum Gasteiger partial charge on any atom is -0.465 e. The van der Waals surface area contributed by atoms with Gasteiger partial charge in [-0.15, -0.1) is 0 Å². The van der Waals surface area contributed by atoms with Crippen LogP contribution in [-0.2, 0) is 9.53 Å². The first-order chi connectivity index (χ1) is 8.70. The van der Waals surface area contributed by atoms with E-state index < -0.39 is 5.97 Å². The number of hydrogen-bond donors (Lipinski definition) is 1. The fourth-order valence-electron chi connectivity index (χ4n) is 2.08. The van der Waals surface area contributed by atoms with Crippen molar-refractivity contribution in [3.05, 3.63) is 29.6 Å². The molecule has 0 radical (unpaired) electrons. The molecular formula is C13H16N2O3. The molecule has 2 heterocycles. The molecule has 0 aromatic carbocycles. The van der Waals surface area contributed by atoms with Gasteiger partial charge in [0.05, 0.1) is 24.4 Å². The van der Waals surface area contributed by atoms with Crippen LogP contribution in [-0.4, -0.2) is 24.0 Å². The number of ether oxygens (including phenoxy) is 1. The van der Waals surface area contributed by atoms with Crippen LogP contribution in [0.3, 0.4) is 0 Å². The smallest absolute Gasteiger partial charge is 0.337 e. The number of carbonyl (C=O) groups excluding carboxylic acids is 2. The standard InChI is InChI=1S/C13H16N2O3/c1-18-13(17)9-6-7-14-11(8-9)10-4-2-3-5-12(16)15-10/h6-8,10H,2-5H2,1H3,(H,15,16). The Morgan fingerprint density at radius 2 is 2.33 bits per heavy atom. The van der Waals surface area contributed by atoms with Gasteiger partial charge in [-0.2, -0.15) is 0 Å². The summed E-state index contributed by atoms with van der Waals surface area (Å²) in [6, 6.07) is 3.18. The van der Waals surface area contributed by atoms with E-state index in [4.69, 9.17) is 0 Å². The molecule has 1 aromatic heterocycles. The average molecular weight is 248 g/mol. The van der Waals surface area contributed by atoms with Crippen LogP contribution in [0.4, 0.5) is 0 Å². The minimum absolute atomic E-state index is 0.0442. The maximum atomic E-state index is 11.5. The Bertz CT molecular complexity index is 459. The lowest BCUT2D eigenvalue weighted by Gasteiger charge is -2.15. The first-order valence-corrected chi connectivity index (χ1v) is 6.04. The summed E-state index contributed by atoms with van der Waals surface area (Å²) in [6.07, 6.45) is 4.86. The third-order valence-corrected chi connectivity index (χ3v) is 3.04. The number of pyridine rings is 1. The Kier molecular flexibility index (Phi) is 3.92. The van der Waals surface area contributed by atoms with Gasteiger partial charge in [-0.1, -0.05) is 6.42 Å². The topological polar surface area (TPSA) is 68.3 Å². The van der Waals surface area contributed by atoms with E-state index in [-0.39, 0.29) is 11.9 Å². The fourth-order valence-corrected chi connectivity index (χ4v) is 2.08. The number of nitrogens with zero attached hydrogens (tertiary/aromatic N) is 1. The maximum absolute atomic E-state index is 11.5. The highest BCUT2D eigenvalue weighted by atomic mass is 16.5. The normalized spacial score (nSPS) is 19.8. The molecule has 1 unspecified atom stereocenters. The van der Waals surface area contributed by atoms with E-state index in [0.29, 0.717) is 17.7 Å². The Morgan fingerprint density at radius 3 is 3.11 bits per heavy atom. The van der Waals surface area contributed by atoms with Gasteiger partial charge in [0, 0.05) is 12.6 Å². The second-order valence-corrected chi connectivity index (χ2v) is 4.33. The van der Waals surface area contributed by atoms with Crippen molar-refractivity contribution in [1.82, 2.24) is 10.3 Å². The number of nitrogens with one attached hydrogen (secondary N) is 1. The molecule has 5 heteroatoms. The van der Waals surface area contributed by atoms with Gasteiger partial charge < -0.3 is 10.1 Å². The van der Waals surface area contributed by atoms with Crippen molar-refractivity contribution in [1.29, 1.82) is 0 Å². The Labute approximate surface area is 106 Å². The highest BCUT2D eigenvalue weighted by molar-refractivity contribution is 5.89. The van der Waals surface area contributed by atoms with E-state index in [1.807, 2.05) is 0 Å². The van der Waals surface area contributed by atoms with Crippen molar-refractivity contribution in [3.8, 4) is 0 Å². The molecule has 1 aliphatic heterocycles. The second-order valence-electron chi connectivity index (χ2n) is 4.33. The minimum atomic E-state index is -0.390. The zero-order chi connectivity index (χ0) is 13.0. The molecule has 1 saturated heterocycles. The predicted molar refractivity (Wildman–Crippen MR) is 64.9 cm³/mol. The number of aromatic nitrogens is 1. The number of methoxy groups -OCH3 is 1. The van der Waals surface area contributed by atoms with Crippen molar-refractivity contribution < 1.29 is 14.3 Å². The molecule has 1 N–H and O–H groups in total. The monoisotopic (exact) mass is 248 g/mol. The first-order valence-electron chi connectivity index (χ1n) is 6.04. The molecule has 1 amide bonds. The average Bonchev–Trinajstić information content (AvgIpc) is 2.62. The summed E-state index contributed by atoms with van der Waals surface area (Å²) >= 11 is 0. The van der Waals surface area contributed by atoms with E-state index in [2.05, 4.69) is 15.0 Å². The molecule has 1 aromatic rings. The summed E-state index contributed by atoms with van der Waals surface area (Å²) in [5.74, 6) is -0.346. The second kappa shape index (κ2) is 5.62. The summed E-state index contributed by atoms with van der Waals surface area (Å²) in [5.41, 5.74) is 1.18. The molecule has 18 heavy (non-hydrogen) atoms. The lowest BCUT2D eigenvalue weighted by Crippen LogP contribution is -2.26. The predicted octanol–water partition coefficient (Wildman–Crippen LogP) is 1.60.